The lowest BCUT2D eigenvalue weighted by atomic mass is 10.0. The second-order valence-corrected chi connectivity index (χ2v) is 4.96. The molecule has 2 aliphatic rings. The molecule has 0 aromatic heterocycles. The Morgan fingerprint density at radius 2 is 1.85 bits per heavy atom. The predicted octanol–water partition coefficient (Wildman–Crippen LogP) is 2.46. The van der Waals surface area contributed by atoms with Crippen LogP contribution in [0, 0.1) is 5.82 Å². The van der Waals surface area contributed by atoms with Crippen LogP contribution >= 0.6 is 0 Å². The van der Waals surface area contributed by atoms with E-state index in [9.17, 15) is 9.18 Å². The standard InChI is InChI=1S/C15H15FN2O2/c16-12-6-4-11(5-7-12)14-13(15(19)20-17-14)10-18-8-2-1-3-9-18/h4-7,10H,1-3,8-9H2/b13-10-. The quantitative estimate of drug-likeness (QED) is 0.614. The maximum absolute atomic E-state index is 13.0. The number of hydrogen-bond acceptors (Lipinski definition) is 4. The van der Waals surface area contributed by atoms with E-state index in [1.165, 1.54) is 18.6 Å². The van der Waals surface area contributed by atoms with Gasteiger partial charge in [0.05, 0.1) is 0 Å². The molecule has 0 saturated carbocycles. The summed E-state index contributed by atoms with van der Waals surface area (Å²) in [4.78, 5) is 18.7. The topological polar surface area (TPSA) is 41.9 Å². The molecule has 0 atom stereocenters. The number of likely N-dealkylation sites (tertiary alicyclic amines) is 1. The first-order valence-corrected chi connectivity index (χ1v) is 6.75. The number of halogens is 1. The smallest absolute Gasteiger partial charge is 0.369 e. The zero-order valence-electron chi connectivity index (χ0n) is 11.0. The van der Waals surface area contributed by atoms with Crippen LogP contribution < -0.4 is 0 Å². The summed E-state index contributed by atoms with van der Waals surface area (Å²) < 4.78 is 13.0. The van der Waals surface area contributed by atoms with Crippen molar-refractivity contribution in [2.75, 3.05) is 13.1 Å². The van der Waals surface area contributed by atoms with Crippen molar-refractivity contribution in [1.29, 1.82) is 0 Å². The molecule has 0 radical (unpaired) electrons. The highest BCUT2D eigenvalue weighted by Gasteiger charge is 2.28. The van der Waals surface area contributed by atoms with E-state index >= 15 is 0 Å². The first kappa shape index (κ1) is 12.8. The summed E-state index contributed by atoms with van der Waals surface area (Å²) in [7, 11) is 0. The summed E-state index contributed by atoms with van der Waals surface area (Å²) in [6.45, 7) is 1.88. The SMILES string of the molecule is O=C1ON=C(c2ccc(F)cc2)/C1=C/N1CCCCC1. The van der Waals surface area contributed by atoms with Crippen molar-refractivity contribution in [1.82, 2.24) is 4.90 Å². The van der Waals surface area contributed by atoms with Gasteiger partial charge in [0, 0.05) is 24.9 Å². The molecular weight excluding hydrogens is 259 g/mol. The molecule has 5 heteroatoms. The van der Waals surface area contributed by atoms with E-state index in [1.807, 2.05) is 6.20 Å². The van der Waals surface area contributed by atoms with Gasteiger partial charge in [-0.05, 0) is 43.5 Å². The predicted molar refractivity (Wildman–Crippen MR) is 72.5 cm³/mol. The van der Waals surface area contributed by atoms with Gasteiger partial charge in [0.15, 0.2) is 0 Å². The summed E-state index contributed by atoms with van der Waals surface area (Å²) in [5, 5.41) is 3.81. The maximum atomic E-state index is 13.0. The minimum Gasteiger partial charge on any atom is -0.377 e. The van der Waals surface area contributed by atoms with Crippen LogP contribution in [0.15, 0.2) is 41.2 Å². The molecule has 3 rings (SSSR count). The van der Waals surface area contributed by atoms with E-state index in [-0.39, 0.29) is 5.82 Å². The molecular formula is C15H15FN2O2. The molecule has 1 fully saturated rings. The van der Waals surface area contributed by atoms with Gasteiger partial charge in [-0.25, -0.2) is 9.18 Å². The van der Waals surface area contributed by atoms with E-state index in [1.54, 1.807) is 12.1 Å². The Morgan fingerprint density at radius 1 is 1.15 bits per heavy atom. The van der Waals surface area contributed by atoms with E-state index in [0.717, 1.165) is 25.9 Å². The molecule has 2 heterocycles. The fourth-order valence-corrected chi connectivity index (χ4v) is 2.44. The number of oxime groups is 1. The lowest BCUT2D eigenvalue weighted by Gasteiger charge is -2.25. The van der Waals surface area contributed by atoms with E-state index in [2.05, 4.69) is 10.1 Å². The number of nitrogens with zero attached hydrogens (tertiary/aromatic N) is 2. The summed E-state index contributed by atoms with van der Waals surface area (Å²) in [6.07, 6.45) is 5.30. The molecule has 0 amide bonds. The Kier molecular flexibility index (Phi) is 3.50. The van der Waals surface area contributed by atoms with Crippen molar-refractivity contribution in [3.05, 3.63) is 47.4 Å². The minimum atomic E-state index is -0.449. The molecule has 0 bridgehead atoms. The van der Waals surface area contributed by atoms with Gasteiger partial charge in [-0.15, -0.1) is 0 Å². The second kappa shape index (κ2) is 5.45. The van der Waals surface area contributed by atoms with Crippen LogP contribution in [0.5, 0.6) is 0 Å². The number of carbonyl (C=O) groups excluding carboxylic acids is 1. The first-order valence-electron chi connectivity index (χ1n) is 6.75. The third-order valence-electron chi connectivity index (χ3n) is 3.51. The van der Waals surface area contributed by atoms with Crippen LogP contribution in [-0.4, -0.2) is 29.7 Å². The Labute approximate surface area is 116 Å². The average Bonchev–Trinajstić information content (AvgIpc) is 2.83. The van der Waals surface area contributed by atoms with Crippen molar-refractivity contribution in [3.8, 4) is 0 Å². The average molecular weight is 274 g/mol. The van der Waals surface area contributed by atoms with Crippen LogP contribution in [0.2, 0.25) is 0 Å². The molecule has 0 unspecified atom stereocenters. The van der Waals surface area contributed by atoms with E-state index in [4.69, 9.17) is 4.84 Å². The molecule has 1 saturated heterocycles. The molecule has 1 aromatic carbocycles. The van der Waals surface area contributed by atoms with Gasteiger partial charge in [-0.3, -0.25) is 0 Å². The van der Waals surface area contributed by atoms with Gasteiger partial charge in [0.2, 0.25) is 0 Å². The van der Waals surface area contributed by atoms with Crippen LogP contribution in [0.25, 0.3) is 0 Å². The number of benzene rings is 1. The lowest BCUT2D eigenvalue weighted by Crippen LogP contribution is -2.26. The normalized spacial score (nSPS) is 21.1. The fraction of sp³-hybridized carbons (Fsp3) is 0.333. The third kappa shape index (κ3) is 2.57. The van der Waals surface area contributed by atoms with Crippen LogP contribution in [0.3, 0.4) is 0 Å². The van der Waals surface area contributed by atoms with Gasteiger partial charge in [-0.1, -0.05) is 5.16 Å². The summed E-state index contributed by atoms with van der Waals surface area (Å²) in [5.41, 5.74) is 1.60. The lowest BCUT2D eigenvalue weighted by molar-refractivity contribution is -0.136. The molecule has 4 nitrogen and oxygen atoms in total. The first-order chi connectivity index (χ1) is 9.74. The zero-order chi connectivity index (χ0) is 13.9. The Bertz CT molecular complexity index is 572. The molecule has 104 valence electrons. The van der Waals surface area contributed by atoms with Crippen molar-refractivity contribution < 1.29 is 14.0 Å². The molecule has 2 aliphatic heterocycles. The number of carbonyl (C=O) groups is 1. The Balaban J connectivity index is 1.87. The number of rotatable bonds is 2. The summed E-state index contributed by atoms with van der Waals surface area (Å²) >= 11 is 0. The highest BCUT2D eigenvalue weighted by Crippen LogP contribution is 2.20. The Morgan fingerprint density at radius 3 is 2.55 bits per heavy atom. The van der Waals surface area contributed by atoms with Gasteiger partial charge in [0.1, 0.15) is 17.1 Å². The van der Waals surface area contributed by atoms with Crippen molar-refractivity contribution in [2.45, 2.75) is 19.3 Å². The van der Waals surface area contributed by atoms with Gasteiger partial charge in [0.25, 0.3) is 0 Å². The van der Waals surface area contributed by atoms with Gasteiger partial charge in [-0.2, -0.15) is 0 Å². The molecule has 1 aromatic rings. The maximum Gasteiger partial charge on any atom is 0.369 e. The monoisotopic (exact) mass is 274 g/mol. The van der Waals surface area contributed by atoms with Crippen molar-refractivity contribution in [2.24, 2.45) is 5.16 Å². The Hall–Kier alpha value is -2.17. The molecule has 0 N–H and O–H groups in total. The highest BCUT2D eigenvalue weighted by molar-refractivity contribution is 6.28. The summed E-state index contributed by atoms with van der Waals surface area (Å²) in [5.74, 6) is -0.768. The van der Waals surface area contributed by atoms with Crippen LogP contribution in [0.1, 0.15) is 24.8 Å². The van der Waals surface area contributed by atoms with Crippen LogP contribution in [0.4, 0.5) is 4.39 Å². The molecule has 20 heavy (non-hydrogen) atoms. The fourth-order valence-electron chi connectivity index (χ4n) is 2.44. The second-order valence-electron chi connectivity index (χ2n) is 4.96. The van der Waals surface area contributed by atoms with E-state index in [0.29, 0.717) is 16.8 Å². The largest absolute Gasteiger partial charge is 0.377 e. The highest BCUT2D eigenvalue weighted by atomic mass is 19.1. The molecule has 0 aliphatic carbocycles. The molecule has 0 spiro atoms. The van der Waals surface area contributed by atoms with Gasteiger partial charge < -0.3 is 9.74 Å². The number of piperidine rings is 1. The minimum absolute atomic E-state index is 0.318. The van der Waals surface area contributed by atoms with Crippen LogP contribution in [-0.2, 0) is 9.63 Å². The number of hydrogen-bond donors (Lipinski definition) is 0. The van der Waals surface area contributed by atoms with Crippen molar-refractivity contribution >= 4 is 11.7 Å². The van der Waals surface area contributed by atoms with Crippen molar-refractivity contribution in [3.63, 3.8) is 0 Å². The zero-order valence-corrected chi connectivity index (χ0v) is 11.0. The van der Waals surface area contributed by atoms with E-state index < -0.39 is 5.97 Å². The third-order valence-corrected chi connectivity index (χ3v) is 3.51. The van der Waals surface area contributed by atoms with Gasteiger partial charge >= 0.3 is 5.97 Å². The summed E-state index contributed by atoms with van der Waals surface area (Å²) in [6, 6.07) is 5.89.